The van der Waals surface area contributed by atoms with Crippen molar-refractivity contribution in [2.45, 2.75) is 20.4 Å². The molecule has 0 aliphatic carbocycles. The van der Waals surface area contributed by atoms with Gasteiger partial charge in [-0.1, -0.05) is 49.9 Å². The summed E-state index contributed by atoms with van der Waals surface area (Å²) in [6.07, 6.45) is 0. The van der Waals surface area contributed by atoms with E-state index in [0.717, 1.165) is 0 Å². The predicted octanol–water partition coefficient (Wildman–Crippen LogP) is 3.50. The fourth-order valence-corrected chi connectivity index (χ4v) is 1.65. The highest BCUT2D eigenvalue weighted by Crippen LogP contribution is 2.22. The molecule has 1 nitrogen and oxygen atoms in total. The first-order valence-electron chi connectivity index (χ1n) is 4.52. The second-order valence-electron chi connectivity index (χ2n) is 3.36. The van der Waals surface area contributed by atoms with Gasteiger partial charge < -0.3 is 5.73 Å². The molecule has 0 saturated carbocycles. The van der Waals surface area contributed by atoms with Gasteiger partial charge in [-0.3, -0.25) is 0 Å². The van der Waals surface area contributed by atoms with Gasteiger partial charge in [0.15, 0.2) is 0 Å². The van der Waals surface area contributed by atoms with Crippen molar-refractivity contribution < 1.29 is 0 Å². The van der Waals surface area contributed by atoms with Crippen LogP contribution in [0, 0.1) is 0 Å². The van der Waals surface area contributed by atoms with Gasteiger partial charge in [-0.05, 0) is 23.3 Å². The van der Waals surface area contributed by atoms with Crippen LogP contribution in [0.15, 0.2) is 42.5 Å². The average Bonchev–Trinajstić information content (AvgIpc) is 2.17. The largest absolute Gasteiger partial charge is 0.324 e. The van der Waals surface area contributed by atoms with E-state index >= 15 is 0 Å². The van der Waals surface area contributed by atoms with E-state index in [0.29, 0.717) is 0 Å². The maximum absolute atomic E-state index is 5.88. The molecular formula is C13H17N. The first kappa shape index (κ1) is 10.7. The summed E-state index contributed by atoms with van der Waals surface area (Å²) in [5.41, 5.74) is 7.10. The summed E-state index contributed by atoms with van der Waals surface area (Å²) in [5.74, 6) is 0. The third-order valence-corrected chi connectivity index (χ3v) is 2.31. The Bertz CT molecular complexity index is 413. The number of hydrogen-bond acceptors (Lipinski definition) is 1. The normalized spacial score (nSPS) is 12.1. The Morgan fingerprint density at radius 3 is 2.36 bits per heavy atom. The van der Waals surface area contributed by atoms with Crippen molar-refractivity contribution >= 4 is 10.8 Å². The van der Waals surface area contributed by atoms with Crippen LogP contribution in [0.5, 0.6) is 0 Å². The topological polar surface area (TPSA) is 26.0 Å². The molecule has 74 valence electrons. The van der Waals surface area contributed by atoms with Gasteiger partial charge in [0.25, 0.3) is 0 Å². The van der Waals surface area contributed by atoms with E-state index in [1.54, 1.807) is 0 Å². The van der Waals surface area contributed by atoms with Crippen molar-refractivity contribution in [3.63, 3.8) is 0 Å². The molecule has 0 aromatic heterocycles. The standard InChI is InChI=1S/C12H13N.CH4/c1-9(13)11-8-4-6-10-5-2-3-7-12(10)11;/h2-9H,13H2,1H3;1H4/t9-;/m1./s1. The predicted molar refractivity (Wildman–Crippen MR) is 63.3 cm³/mol. The van der Waals surface area contributed by atoms with Crippen LogP contribution in [0.3, 0.4) is 0 Å². The summed E-state index contributed by atoms with van der Waals surface area (Å²) in [6.45, 7) is 2.02. The summed E-state index contributed by atoms with van der Waals surface area (Å²) in [7, 11) is 0. The lowest BCUT2D eigenvalue weighted by Crippen LogP contribution is -2.05. The van der Waals surface area contributed by atoms with Crippen LogP contribution >= 0.6 is 0 Å². The van der Waals surface area contributed by atoms with Crippen LogP contribution in [-0.4, -0.2) is 0 Å². The lowest BCUT2D eigenvalue weighted by atomic mass is 10.0. The second kappa shape index (κ2) is 4.25. The van der Waals surface area contributed by atoms with Crippen molar-refractivity contribution in [3.8, 4) is 0 Å². The Labute approximate surface area is 85.6 Å². The zero-order valence-corrected chi connectivity index (χ0v) is 7.70. The summed E-state index contributed by atoms with van der Waals surface area (Å²) in [5, 5.41) is 2.53. The van der Waals surface area contributed by atoms with E-state index in [1.807, 2.05) is 19.1 Å². The van der Waals surface area contributed by atoms with Crippen LogP contribution < -0.4 is 5.73 Å². The van der Waals surface area contributed by atoms with Crippen molar-refractivity contribution in [3.05, 3.63) is 48.0 Å². The van der Waals surface area contributed by atoms with Gasteiger partial charge in [0.1, 0.15) is 0 Å². The fourth-order valence-electron chi connectivity index (χ4n) is 1.65. The van der Waals surface area contributed by atoms with Gasteiger partial charge in [-0.15, -0.1) is 0 Å². The Balaban J connectivity index is 0.000000980. The Morgan fingerprint density at radius 2 is 1.64 bits per heavy atom. The van der Waals surface area contributed by atoms with E-state index in [1.165, 1.54) is 16.3 Å². The highest BCUT2D eigenvalue weighted by Gasteiger charge is 2.02. The number of nitrogens with two attached hydrogens (primary N) is 1. The third-order valence-electron chi connectivity index (χ3n) is 2.31. The first-order valence-corrected chi connectivity index (χ1v) is 4.52. The van der Waals surface area contributed by atoms with Crippen molar-refractivity contribution in [1.29, 1.82) is 0 Å². The van der Waals surface area contributed by atoms with Crippen LogP contribution in [0.4, 0.5) is 0 Å². The highest BCUT2D eigenvalue weighted by molar-refractivity contribution is 5.85. The van der Waals surface area contributed by atoms with Gasteiger partial charge in [0.05, 0.1) is 0 Å². The molecule has 0 aliphatic rings. The quantitative estimate of drug-likeness (QED) is 0.726. The average molecular weight is 187 g/mol. The fraction of sp³-hybridized carbons (Fsp3) is 0.231. The molecule has 0 bridgehead atoms. The maximum Gasteiger partial charge on any atom is 0.0272 e. The lowest BCUT2D eigenvalue weighted by Gasteiger charge is -2.09. The van der Waals surface area contributed by atoms with Gasteiger partial charge in [-0.2, -0.15) is 0 Å². The highest BCUT2D eigenvalue weighted by atomic mass is 14.6. The number of rotatable bonds is 1. The first-order chi connectivity index (χ1) is 6.29. The molecule has 2 rings (SSSR count). The van der Waals surface area contributed by atoms with Gasteiger partial charge >= 0.3 is 0 Å². The molecular weight excluding hydrogens is 170 g/mol. The van der Waals surface area contributed by atoms with E-state index in [2.05, 4.69) is 30.3 Å². The van der Waals surface area contributed by atoms with Crippen molar-refractivity contribution in [1.82, 2.24) is 0 Å². The van der Waals surface area contributed by atoms with E-state index in [-0.39, 0.29) is 13.5 Å². The minimum Gasteiger partial charge on any atom is -0.324 e. The van der Waals surface area contributed by atoms with E-state index in [4.69, 9.17) is 5.73 Å². The molecule has 0 aliphatic heterocycles. The molecule has 0 amide bonds. The molecule has 0 saturated heterocycles. The monoisotopic (exact) mass is 187 g/mol. The van der Waals surface area contributed by atoms with E-state index in [9.17, 15) is 0 Å². The number of hydrogen-bond donors (Lipinski definition) is 1. The molecule has 2 N–H and O–H groups in total. The van der Waals surface area contributed by atoms with Crippen LogP contribution in [0.2, 0.25) is 0 Å². The minimum atomic E-state index is 0. The van der Waals surface area contributed by atoms with E-state index < -0.39 is 0 Å². The lowest BCUT2D eigenvalue weighted by molar-refractivity contribution is 0.827. The Hall–Kier alpha value is -1.34. The van der Waals surface area contributed by atoms with Crippen LogP contribution in [0.25, 0.3) is 10.8 Å². The van der Waals surface area contributed by atoms with Gasteiger partial charge in [0, 0.05) is 6.04 Å². The molecule has 0 radical (unpaired) electrons. The minimum absolute atomic E-state index is 0. The molecule has 1 atom stereocenters. The summed E-state index contributed by atoms with van der Waals surface area (Å²) in [4.78, 5) is 0. The van der Waals surface area contributed by atoms with Crippen LogP contribution in [0.1, 0.15) is 26.0 Å². The SMILES string of the molecule is C.C[C@@H](N)c1cccc2ccccc12. The van der Waals surface area contributed by atoms with Gasteiger partial charge in [-0.25, -0.2) is 0 Å². The van der Waals surface area contributed by atoms with Crippen molar-refractivity contribution in [2.75, 3.05) is 0 Å². The second-order valence-corrected chi connectivity index (χ2v) is 3.36. The molecule has 1 heteroatoms. The molecule has 2 aromatic rings. The van der Waals surface area contributed by atoms with Crippen molar-refractivity contribution in [2.24, 2.45) is 5.73 Å². The molecule has 0 unspecified atom stereocenters. The zero-order valence-electron chi connectivity index (χ0n) is 7.70. The Morgan fingerprint density at radius 1 is 1.00 bits per heavy atom. The van der Waals surface area contributed by atoms with Crippen LogP contribution in [-0.2, 0) is 0 Å². The molecule has 2 aromatic carbocycles. The zero-order chi connectivity index (χ0) is 9.26. The number of fused-ring (bicyclic) bond motifs is 1. The summed E-state index contributed by atoms with van der Waals surface area (Å²) in [6, 6.07) is 14.7. The van der Waals surface area contributed by atoms with Gasteiger partial charge in [0.2, 0.25) is 0 Å². The number of benzene rings is 2. The molecule has 0 fully saturated rings. The summed E-state index contributed by atoms with van der Waals surface area (Å²) < 4.78 is 0. The molecule has 0 heterocycles. The smallest absolute Gasteiger partial charge is 0.0272 e. The third kappa shape index (κ3) is 1.78. The Kier molecular flexibility index (Phi) is 3.26. The summed E-state index contributed by atoms with van der Waals surface area (Å²) >= 11 is 0. The molecule has 14 heavy (non-hydrogen) atoms. The molecule has 0 spiro atoms. The maximum atomic E-state index is 5.88.